The van der Waals surface area contributed by atoms with Gasteiger partial charge in [-0.25, -0.2) is 0 Å². The van der Waals surface area contributed by atoms with Gasteiger partial charge in [0.1, 0.15) is 0 Å². The topological polar surface area (TPSA) is 73.1 Å². The van der Waals surface area contributed by atoms with E-state index in [2.05, 4.69) is 5.32 Å². The van der Waals surface area contributed by atoms with E-state index >= 15 is 0 Å². The second kappa shape index (κ2) is 7.65. The molecule has 0 aromatic rings. The van der Waals surface area contributed by atoms with E-state index in [0.29, 0.717) is 5.75 Å². The lowest BCUT2D eigenvalue weighted by Crippen LogP contribution is -2.42. The Morgan fingerprint density at radius 3 is 2.71 bits per heavy atom. The van der Waals surface area contributed by atoms with Gasteiger partial charge < -0.3 is 10.4 Å². The van der Waals surface area contributed by atoms with Gasteiger partial charge in [0, 0.05) is 0 Å². The summed E-state index contributed by atoms with van der Waals surface area (Å²) < 4.78 is 0. The third-order valence-electron chi connectivity index (χ3n) is 1.75. The van der Waals surface area contributed by atoms with Crippen molar-refractivity contribution in [1.29, 1.82) is 5.26 Å². The number of rotatable bonds is 6. The number of thioether (sulfide) groups is 1. The molecule has 0 aromatic heterocycles. The van der Waals surface area contributed by atoms with Crippen molar-refractivity contribution in [2.45, 2.75) is 19.9 Å². The number of amides is 1. The monoisotopic (exact) mass is 216 g/mol. The minimum Gasteiger partial charge on any atom is -0.394 e. The lowest BCUT2D eigenvalue weighted by atomic mass is 10.1. The largest absolute Gasteiger partial charge is 0.394 e. The first-order valence-electron chi connectivity index (χ1n) is 4.46. The van der Waals surface area contributed by atoms with E-state index in [9.17, 15) is 4.79 Å². The van der Waals surface area contributed by atoms with E-state index in [-0.39, 0.29) is 30.2 Å². The van der Waals surface area contributed by atoms with E-state index in [0.717, 1.165) is 0 Å². The van der Waals surface area contributed by atoms with Gasteiger partial charge in [-0.15, -0.1) is 11.8 Å². The maximum Gasteiger partial charge on any atom is 0.230 e. The summed E-state index contributed by atoms with van der Waals surface area (Å²) >= 11 is 1.27. The Morgan fingerprint density at radius 2 is 2.29 bits per heavy atom. The van der Waals surface area contributed by atoms with Crippen molar-refractivity contribution >= 4 is 17.7 Å². The number of hydrogen-bond donors (Lipinski definition) is 2. The van der Waals surface area contributed by atoms with Crippen molar-refractivity contribution in [2.75, 3.05) is 18.1 Å². The van der Waals surface area contributed by atoms with Crippen LogP contribution < -0.4 is 5.32 Å². The van der Waals surface area contributed by atoms with Crippen LogP contribution in [-0.2, 0) is 4.79 Å². The van der Waals surface area contributed by atoms with Gasteiger partial charge in [0.25, 0.3) is 0 Å². The van der Waals surface area contributed by atoms with Gasteiger partial charge in [-0.2, -0.15) is 5.26 Å². The molecule has 0 aromatic carbocycles. The molecular weight excluding hydrogens is 200 g/mol. The normalized spacial score (nSPS) is 12.2. The molecule has 0 bridgehead atoms. The highest BCUT2D eigenvalue weighted by molar-refractivity contribution is 8.00. The summed E-state index contributed by atoms with van der Waals surface area (Å²) in [4.78, 5) is 11.2. The number of nitriles is 1. The fraction of sp³-hybridized carbons (Fsp3) is 0.778. The zero-order chi connectivity index (χ0) is 11.0. The molecule has 0 heterocycles. The number of nitrogens with zero attached hydrogens (tertiary/aromatic N) is 1. The SMILES string of the molecule is CC(C)C(CO)NC(=O)CSCC#N. The molecular formula is C9H16N2O2S. The van der Waals surface area contributed by atoms with Gasteiger partial charge in [0.15, 0.2) is 0 Å². The van der Waals surface area contributed by atoms with E-state index in [1.54, 1.807) is 0 Å². The Kier molecular flexibility index (Phi) is 7.25. The number of hydrogen-bond acceptors (Lipinski definition) is 4. The lowest BCUT2D eigenvalue weighted by molar-refractivity contribution is -0.119. The number of carbonyl (C=O) groups excluding carboxylic acids is 1. The minimum absolute atomic E-state index is 0.0493. The van der Waals surface area contributed by atoms with Crippen LogP contribution >= 0.6 is 11.8 Å². The molecule has 4 nitrogen and oxygen atoms in total. The molecule has 0 saturated carbocycles. The average Bonchev–Trinajstić information content (AvgIpc) is 2.14. The van der Waals surface area contributed by atoms with Crippen LogP contribution in [0, 0.1) is 17.2 Å². The molecule has 0 radical (unpaired) electrons. The molecule has 0 aliphatic rings. The molecule has 1 atom stereocenters. The fourth-order valence-corrected chi connectivity index (χ4v) is 1.32. The quantitative estimate of drug-likeness (QED) is 0.629. The highest BCUT2D eigenvalue weighted by Gasteiger charge is 2.14. The third kappa shape index (κ3) is 5.84. The van der Waals surface area contributed by atoms with Crippen LogP contribution in [0.3, 0.4) is 0 Å². The molecule has 0 aliphatic carbocycles. The second-order valence-electron chi connectivity index (χ2n) is 3.25. The molecule has 0 rings (SSSR count). The summed E-state index contributed by atoms with van der Waals surface area (Å²) in [5.41, 5.74) is 0. The molecule has 0 aliphatic heterocycles. The highest BCUT2D eigenvalue weighted by atomic mass is 32.2. The van der Waals surface area contributed by atoms with Crippen LogP contribution in [0.25, 0.3) is 0 Å². The van der Waals surface area contributed by atoms with E-state index in [4.69, 9.17) is 10.4 Å². The summed E-state index contributed by atoms with van der Waals surface area (Å²) in [6.07, 6.45) is 0. The van der Waals surface area contributed by atoms with Gasteiger partial charge >= 0.3 is 0 Å². The Morgan fingerprint density at radius 1 is 1.64 bits per heavy atom. The molecule has 80 valence electrons. The maximum absolute atomic E-state index is 11.2. The van der Waals surface area contributed by atoms with Crippen LogP contribution in [-0.4, -0.2) is 35.2 Å². The summed E-state index contributed by atoms with van der Waals surface area (Å²) in [6, 6.07) is 1.76. The zero-order valence-corrected chi connectivity index (χ0v) is 9.30. The predicted molar refractivity (Wildman–Crippen MR) is 56.8 cm³/mol. The summed E-state index contributed by atoms with van der Waals surface area (Å²) in [6.45, 7) is 3.82. The zero-order valence-electron chi connectivity index (χ0n) is 8.49. The van der Waals surface area contributed by atoms with Gasteiger partial charge in [-0.1, -0.05) is 13.8 Å². The van der Waals surface area contributed by atoms with Crippen LogP contribution in [0.4, 0.5) is 0 Å². The first kappa shape index (κ1) is 13.3. The predicted octanol–water partition coefficient (Wildman–Crippen LogP) is 0.376. The Balaban J connectivity index is 3.75. The lowest BCUT2D eigenvalue weighted by Gasteiger charge is -2.19. The number of nitrogens with one attached hydrogen (secondary N) is 1. The Labute approximate surface area is 88.7 Å². The van der Waals surface area contributed by atoms with Gasteiger partial charge in [0.2, 0.25) is 5.91 Å². The highest BCUT2D eigenvalue weighted by Crippen LogP contribution is 2.02. The molecule has 1 amide bonds. The number of carbonyl (C=O) groups is 1. The van der Waals surface area contributed by atoms with E-state index in [1.807, 2.05) is 19.9 Å². The molecule has 14 heavy (non-hydrogen) atoms. The smallest absolute Gasteiger partial charge is 0.230 e. The van der Waals surface area contributed by atoms with Crippen LogP contribution in [0.2, 0.25) is 0 Å². The van der Waals surface area contributed by atoms with Crippen molar-refractivity contribution in [3.63, 3.8) is 0 Å². The Hall–Kier alpha value is -0.730. The van der Waals surface area contributed by atoms with Crippen molar-refractivity contribution in [3.8, 4) is 6.07 Å². The van der Waals surface area contributed by atoms with Crippen molar-refractivity contribution in [2.24, 2.45) is 5.92 Å². The van der Waals surface area contributed by atoms with E-state index in [1.165, 1.54) is 11.8 Å². The Bertz CT molecular complexity index is 213. The van der Waals surface area contributed by atoms with Crippen LogP contribution in [0.5, 0.6) is 0 Å². The average molecular weight is 216 g/mol. The van der Waals surface area contributed by atoms with Gasteiger partial charge in [-0.05, 0) is 5.92 Å². The van der Waals surface area contributed by atoms with Gasteiger partial charge in [-0.3, -0.25) is 4.79 Å². The summed E-state index contributed by atoms with van der Waals surface area (Å²) in [7, 11) is 0. The summed E-state index contributed by atoms with van der Waals surface area (Å²) in [5, 5.41) is 19.9. The third-order valence-corrected chi connectivity index (χ3v) is 2.55. The van der Waals surface area contributed by atoms with E-state index < -0.39 is 0 Å². The van der Waals surface area contributed by atoms with Crippen LogP contribution in [0.1, 0.15) is 13.8 Å². The minimum atomic E-state index is -0.190. The molecule has 5 heteroatoms. The molecule has 0 fully saturated rings. The number of aliphatic hydroxyl groups is 1. The van der Waals surface area contributed by atoms with Crippen molar-refractivity contribution < 1.29 is 9.90 Å². The van der Waals surface area contributed by atoms with Crippen LogP contribution in [0.15, 0.2) is 0 Å². The first-order chi connectivity index (χ1) is 6.61. The van der Waals surface area contributed by atoms with Crippen molar-refractivity contribution in [1.82, 2.24) is 5.32 Å². The standard InChI is InChI=1S/C9H16N2O2S/c1-7(2)8(5-12)11-9(13)6-14-4-3-10/h7-8,12H,4-6H2,1-2H3,(H,11,13). The summed E-state index contributed by atoms with van der Waals surface area (Å²) in [5.74, 6) is 0.679. The molecule has 0 saturated heterocycles. The maximum atomic E-state index is 11.2. The number of aliphatic hydroxyl groups excluding tert-OH is 1. The van der Waals surface area contributed by atoms with Crippen molar-refractivity contribution in [3.05, 3.63) is 0 Å². The van der Waals surface area contributed by atoms with Gasteiger partial charge in [0.05, 0.1) is 30.2 Å². The molecule has 2 N–H and O–H groups in total. The molecule has 1 unspecified atom stereocenters. The molecule has 0 spiro atoms. The first-order valence-corrected chi connectivity index (χ1v) is 5.62. The second-order valence-corrected chi connectivity index (χ2v) is 4.24. The fourth-order valence-electron chi connectivity index (χ4n) is 0.861.